The van der Waals surface area contributed by atoms with E-state index in [1.54, 1.807) is 13.3 Å². The van der Waals surface area contributed by atoms with Gasteiger partial charge in [-0.1, -0.05) is 13.8 Å². The lowest BCUT2D eigenvalue weighted by Crippen LogP contribution is -2.49. The molecule has 0 saturated heterocycles. The molecule has 0 aliphatic carbocycles. The summed E-state index contributed by atoms with van der Waals surface area (Å²) in [7, 11) is 5.51. The summed E-state index contributed by atoms with van der Waals surface area (Å²) in [5.41, 5.74) is 0. The molecule has 0 aromatic heterocycles. The van der Waals surface area contributed by atoms with Crippen LogP contribution in [-0.4, -0.2) is 80.5 Å². The van der Waals surface area contributed by atoms with Crippen LogP contribution in [0.5, 0.6) is 0 Å². The number of rotatable bonds is 7. The summed E-state index contributed by atoms with van der Waals surface area (Å²) in [6.45, 7) is 6.76. The van der Waals surface area contributed by atoms with Gasteiger partial charge < -0.3 is 15.1 Å². The van der Waals surface area contributed by atoms with Crippen molar-refractivity contribution >= 4 is 24.4 Å². The Morgan fingerprint density at radius 2 is 1.91 bits per heavy atom. The maximum Gasteiger partial charge on any atom is 0.242 e. The van der Waals surface area contributed by atoms with Gasteiger partial charge in [0.1, 0.15) is 12.4 Å². The van der Waals surface area contributed by atoms with Crippen molar-refractivity contribution in [3.8, 4) is 0 Å². The zero-order valence-corrected chi connectivity index (χ0v) is 14.5. The summed E-state index contributed by atoms with van der Waals surface area (Å²) in [5.74, 6) is -0.295. The minimum absolute atomic E-state index is 0.138. The second kappa shape index (κ2) is 10.9. The molecule has 0 aromatic rings. The van der Waals surface area contributed by atoms with Crippen molar-refractivity contribution in [3.63, 3.8) is 0 Å². The third-order valence-corrected chi connectivity index (χ3v) is 3.17. The first-order chi connectivity index (χ1) is 10.4. The summed E-state index contributed by atoms with van der Waals surface area (Å²) in [6, 6.07) is -0.664. The highest BCUT2D eigenvalue weighted by atomic mass is 16.2. The molecule has 0 fully saturated rings. The Hall–Kier alpha value is -1.76. The molecule has 2 amide bonds. The van der Waals surface area contributed by atoms with Gasteiger partial charge in [0.2, 0.25) is 11.8 Å². The number of nitrogens with one attached hydrogen (secondary N) is 1. The zero-order chi connectivity index (χ0) is 17.1. The summed E-state index contributed by atoms with van der Waals surface area (Å²) >= 11 is 0. The van der Waals surface area contributed by atoms with Crippen molar-refractivity contribution < 1.29 is 9.59 Å². The maximum absolute atomic E-state index is 12.2. The molecule has 1 aliphatic rings. The average molecular weight is 311 g/mol. The molecule has 7 heteroatoms. The molecule has 2 unspecified atom stereocenters. The summed E-state index contributed by atoms with van der Waals surface area (Å²) in [6.07, 6.45) is 3.61. The Bertz CT molecular complexity index is 395. The van der Waals surface area contributed by atoms with Gasteiger partial charge in [-0.3, -0.25) is 14.6 Å². The number of aliphatic imine (C=N–C) groups is 2. The van der Waals surface area contributed by atoms with Gasteiger partial charge in [-0.05, 0) is 14.1 Å². The lowest BCUT2D eigenvalue weighted by molar-refractivity contribution is -0.137. The molecular weight excluding hydrogens is 282 g/mol. The molecule has 7 nitrogen and oxygen atoms in total. The fourth-order valence-corrected chi connectivity index (χ4v) is 1.83. The SMILES string of the molecule is CC.CC(=O)N(C)C(CC1C=NC=N1)C(=O)NCCN(C)C. The summed E-state index contributed by atoms with van der Waals surface area (Å²) in [4.78, 5) is 35.2. The second-order valence-electron chi connectivity index (χ2n) is 5.11. The molecule has 126 valence electrons. The Morgan fingerprint density at radius 3 is 2.36 bits per heavy atom. The van der Waals surface area contributed by atoms with E-state index in [0.29, 0.717) is 13.0 Å². The van der Waals surface area contributed by atoms with Crippen LogP contribution in [0, 0.1) is 0 Å². The Labute approximate surface area is 133 Å². The molecule has 1 rings (SSSR count). The third kappa shape index (κ3) is 7.31. The number of nitrogens with zero attached hydrogens (tertiary/aromatic N) is 4. The van der Waals surface area contributed by atoms with E-state index >= 15 is 0 Å². The molecule has 1 heterocycles. The van der Waals surface area contributed by atoms with Crippen molar-refractivity contribution in [1.29, 1.82) is 0 Å². The highest BCUT2D eigenvalue weighted by Crippen LogP contribution is 2.10. The molecule has 0 aromatic carbocycles. The van der Waals surface area contributed by atoms with Crippen molar-refractivity contribution in [2.45, 2.75) is 39.3 Å². The number of hydrogen-bond acceptors (Lipinski definition) is 5. The number of hydrogen-bond donors (Lipinski definition) is 1. The van der Waals surface area contributed by atoms with Crippen LogP contribution >= 0.6 is 0 Å². The van der Waals surface area contributed by atoms with Crippen LogP contribution in [-0.2, 0) is 9.59 Å². The first kappa shape index (κ1) is 20.2. The van der Waals surface area contributed by atoms with Crippen LogP contribution in [0.3, 0.4) is 0 Å². The molecule has 0 spiro atoms. The smallest absolute Gasteiger partial charge is 0.242 e. The van der Waals surface area contributed by atoms with Crippen molar-refractivity contribution in [1.82, 2.24) is 15.1 Å². The van der Waals surface area contributed by atoms with Gasteiger partial charge in [-0.15, -0.1) is 0 Å². The van der Waals surface area contributed by atoms with Crippen LogP contribution in [0.1, 0.15) is 27.2 Å². The molecular formula is C15H29N5O2. The summed E-state index contributed by atoms with van der Waals surface area (Å²) in [5, 5.41) is 2.85. The topological polar surface area (TPSA) is 77.4 Å². The van der Waals surface area contributed by atoms with Gasteiger partial charge >= 0.3 is 0 Å². The van der Waals surface area contributed by atoms with Crippen LogP contribution in [0.15, 0.2) is 9.98 Å². The Kier molecular flexibility index (Phi) is 10.0. The quantitative estimate of drug-likeness (QED) is 0.740. The molecule has 0 radical (unpaired) electrons. The number of carbonyl (C=O) groups is 2. The van der Waals surface area contributed by atoms with Gasteiger partial charge in [0.05, 0.1) is 6.04 Å². The second-order valence-corrected chi connectivity index (χ2v) is 5.11. The molecule has 0 bridgehead atoms. The highest BCUT2D eigenvalue weighted by Gasteiger charge is 2.28. The average Bonchev–Trinajstić information content (AvgIpc) is 2.98. The van der Waals surface area contributed by atoms with Crippen LogP contribution in [0.4, 0.5) is 0 Å². The lowest BCUT2D eigenvalue weighted by Gasteiger charge is -2.27. The van der Waals surface area contributed by atoms with Gasteiger partial charge in [-0.2, -0.15) is 0 Å². The van der Waals surface area contributed by atoms with Gasteiger partial charge in [0, 0.05) is 39.7 Å². The predicted molar refractivity (Wildman–Crippen MR) is 90.5 cm³/mol. The van der Waals surface area contributed by atoms with E-state index in [0.717, 1.165) is 6.54 Å². The number of likely N-dealkylation sites (N-methyl/N-ethyl adjacent to an activating group) is 2. The number of carbonyl (C=O) groups excluding carboxylic acids is 2. The van der Waals surface area contributed by atoms with Crippen LogP contribution in [0.25, 0.3) is 0 Å². The molecule has 1 aliphatic heterocycles. The zero-order valence-electron chi connectivity index (χ0n) is 14.5. The summed E-state index contributed by atoms with van der Waals surface area (Å²) < 4.78 is 0. The first-order valence-electron chi connectivity index (χ1n) is 7.62. The predicted octanol–water partition coefficient (Wildman–Crippen LogP) is 0.409. The monoisotopic (exact) mass is 311 g/mol. The van der Waals surface area contributed by atoms with Crippen molar-refractivity contribution in [3.05, 3.63) is 0 Å². The highest BCUT2D eigenvalue weighted by molar-refractivity contribution is 5.88. The fraction of sp³-hybridized carbons (Fsp3) is 0.733. The first-order valence-corrected chi connectivity index (χ1v) is 7.62. The molecule has 0 saturated carbocycles. The normalized spacial score (nSPS) is 17.0. The number of amides is 2. The minimum atomic E-state index is -0.527. The van der Waals surface area contributed by atoms with E-state index in [1.807, 2.05) is 32.8 Å². The lowest BCUT2D eigenvalue weighted by atomic mass is 10.1. The third-order valence-electron chi connectivity index (χ3n) is 3.17. The van der Waals surface area contributed by atoms with Gasteiger partial charge in [0.15, 0.2) is 0 Å². The van der Waals surface area contributed by atoms with E-state index in [4.69, 9.17) is 0 Å². The fourth-order valence-electron chi connectivity index (χ4n) is 1.83. The van der Waals surface area contributed by atoms with Crippen LogP contribution < -0.4 is 5.32 Å². The Morgan fingerprint density at radius 1 is 1.27 bits per heavy atom. The van der Waals surface area contributed by atoms with E-state index < -0.39 is 6.04 Å². The maximum atomic E-state index is 12.2. The van der Waals surface area contributed by atoms with E-state index in [-0.39, 0.29) is 17.9 Å². The van der Waals surface area contributed by atoms with E-state index in [1.165, 1.54) is 18.2 Å². The van der Waals surface area contributed by atoms with Gasteiger partial charge in [0.25, 0.3) is 0 Å². The van der Waals surface area contributed by atoms with Crippen molar-refractivity contribution in [2.24, 2.45) is 9.98 Å². The Balaban J connectivity index is 0.00000211. The van der Waals surface area contributed by atoms with Crippen molar-refractivity contribution in [2.75, 3.05) is 34.2 Å². The molecule has 1 N–H and O–H groups in total. The molecule has 2 atom stereocenters. The molecule has 22 heavy (non-hydrogen) atoms. The minimum Gasteiger partial charge on any atom is -0.353 e. The largest absolute Gasteiger partial charge is 0.353 e. The van der Waals surface area contributed by atoms with Gasteiger partial charge in [-0.25, -0.2) is 4.99 Å². The van der Waals surface area contributed by atoms with E-state index in [9.17, 15) is 9.59 Å². The van der Waals surface area contributed by atoms with E-state index in [2.05, 4.69) is 15.3 Å². The van der Waals surface area contributed by atoms with Crippen LogP contribution in [0.2, 0.25) is 0 Å². The standard InChI is InChI=1S/C13H23N5O2.C2H6/c1-10(19)18(4)12(7-11-8-14-9-16-11)13(20)15-5-6-17(2)3;1-2/h8-9,11-12H,5-7H2,1-4H3,(H,15,20);1-2H3.